The molecule has 1 N–H and O–H groups in total. The van der Waals surface area contributed by atoms with Crippen molar-refractivity contribution >= 4 is 11.6 Å². The number of aliphatic hydroxyl groups excluding tert-OH is 1. The summed E-state index contributed by atoms with van der Waals surface area (Å²) in [6.45, 7) is 0. The molecule has 0 saturated carbocycles. The van der Waals surface area contributed by atoms with Gasteiger partial charge in [-0.3, -0.25) is 0 Å². The van der Waals surface area contributed by atoms with Gasteiger partial charge in [-0.1, -0.05) is 23.7 Å². The molecule has 0 bridgehead atoms. The van der Waals surface area contributed by atoms with Crippen molar-refractivity contribution in [2.24, 2.45) is 0 Å². The van der Waals surface area contributed by atoms with Crippen LogP contribution in [-0.4, -0.2) is 5.11 Å². The average molecular weight is 287 g/mol. The molecule has 1 unspecified atom stereocenters. The first kappa shape index (κ1) is 13.9. The van der Waals surface area contributed by atoms with Crippen molar-refractivity contribution in [3.63, 3.8) is 0 Å². The summed E-state index contributed by atoms with van der Waals surface area (Å²) in [4.78, 5) is 0. The molecule has 2 aromatic rings. The lowest BCUT2D eigenvalue weighted by molar-refractivity contribution is 0.173. The van der Waals surface area contributed by atoms with Crippen LogP contribution in [0.4, 0.5) is 13.2 Å². The van der Waals surface area contributed by atoms with Crippen molar-refractivity contribution in [3.8, 4) is 0 Å². The molecular formula is C14H10ClF3O. The van der Waals surface area contributed by atoms with Crippen LogP contribution in [0.1, 0.15) is 17.2 Å². The van der Waals surface area contributed by atoms with Crippen LogP contribution in [0.25, 0.3) is 0 Å². The van der Waals surface area contributed by atoms with Gasteiger partial charge in [0.05, 0.1) is 11.1 Å². The van der Waals surface area contributed by atoms with Crippen LogP contribution in [0, 0.1) is 17.5 Å². The van der Waals surface area contributed by atoms with Crippen molar-refractivity contribution in [1.29, 1.82) is 0 Å². The lowest BCUT2D eigenvalue weighted by Crippen LogP contribution is -2.05. The third-order valence-corrected chi connectivity index (χ3v) is 3.03. The lowest BCUT2D eigenvalue weighted by atomic mass is 10.0. The van der Waals surface area contributed by atoms with Gasteiger partial charge >= 0.3 is 0 Å². The summed E-state index contributed by atoms with van der Waals surface area (Å²) in [5, 5.41) is 9.56. The maximum absolute atomic E-state index is 13.6. The van der Waals surface area contributed by atoms with Crippen LogP contribution in [0.3, 0.4) is 0 Å². The topological polar surface area (TPSA) is 20.2 Å². The molecule has 19 heavy (non-hydrogen) atoms. The Morgan fingerprint density at radius 1 is 1.00 bits per heavy atom. The Balaban J connectivity index is 2.22. The van der Waals surface area contributed by atoms with Gasteiger partial charge in [0.15, 0.2) is 0 Å². The van der Waals surface area contributed by atoms with Gasteiger partial charge in [-0.2, -0.15) is 0 Å². The maximum Gasteiger partial charge on any atom is 0.142 e. The van der Waals surface area contributed by atoms with Gasteiger partial charge in [0, 0.05) is 12.0 Å². The van der Waals surface area contributed by atoms with Gasteiger partial charge in [-0.25, -0.2) is 13.2 Å². The van der Waals surface area contributed by atoms with Crippen LogP contribution < -0.4 is 0 Å². The van der Waals surface area contributed by atoms with E-state index in [2.05, 4.69) is 0 Å². The van der Waals surface area contributed by atoms with E-state index >= 15 is 0 Å². The maximum atomic E-state index is 13.6. The molecule has 0 spiro atoms. The largest absolute Gasteiger partial charge is 0.388 e. The monoisotopic (exact) mass is 286 g/mol. The van der Waals surface area contributed by atoms with Crippen molar-refractivity contribution in [2.45, 2.75) is 12.5 Å². The molecule has 1 nitrogen and oxygen atoms in total. The Kier molecular flexibility index (Phi) is 4.12. The SMILES string of the molecule is OC(Cc1ccc(F)cc1)c1cc(F)c(Cl)cc1F. The molecular weight excluding hydrogens is 277 g/mol. The van der Waals surface area contributed by atoms with Gasteiger partial charge in [0.2, 0.25) is 0 Å². The van der Waals surface area contributed by atoms with E-state index < -0.39 is 23.6 Å². The summed E-state index contributed by atoms with van der Waals surface area (Å²) >= 11 is 5.43. The highest BCUT2D eigenvalue weighted by Crippen LogP contribution is 2.26. The Morgan fingerprint density at radius 2 is 1.63 bits per heavy atom. The van der Waals surface area contributed by atoms with Crippen molar-refractivity contribution in [1.82, 2.24) is 0 Å². The van der Waals surface area contributed by atoms with Crippen molar-refractivity contribution in [3.05, 3.63) is 70.0 Å². The smallest absolute Gasteiger partial charge is 0.142 e. The number of halogens is 4. The van der Waals surface area contributed by atoms with E-state index in [0.717, 1.165) is 12.1 Å². The summed E-state index contributed by atoms with van der Waals surface area (Å²) in [6.07, 6.45) is -1.17. The normalized spacial score (nSPS) is 12.5. The molecule has 0 aliphatic heterocycles. The first-order chi connectivity index (χ1) is 8.97. The molecule has 5 heteroatoms. The minimum atomic E-state index is -1.22. The third kappa shape index (κ3) is 3.28. The minimum Gasteiger partial charge on any atom is -0.388 e. The fourth-order valence-corrected chi connectivity index (χ4v) is 1.90. The predicted molar refractivity (Wildman–Crippen MR) is 66.4 cm³/mol. The highest BCUT2D eigenvalue weighted by atomic mass is 35.5. The summed E-state index contributed by atoms with van der Waals surface area (Å²) in [6, 6.07) is 7.11. The van der Waals surface area contributed by atoms with Crippen LogP contribution in [0.5, 0.6) is 0 Å². The molecule has 0 heterocycles. The molecule has 1 atom stereocenters. The molecule has 0 aliphatic rings. The number of rotatable bonds is 3. The number of hydrogen-bond donors (Lipinski definition) is 1. The fourth-order valence-electron chi connectivity index (χ4n) is 1.75. The first-order valence-electron chi connectivity index (χ1n) is 5.54. The molecule has 0 saturated heterocycles. The van der Waals surface area contributed by atoms with E-state index in [1.807, 2.05) is 0 Å². The average Bonchev–Trinajstić information content (AvgIpc) is 2.36. The number of aliphatic hydroxyl groups is 1. The third-order valence-electron chi connectivity index (χ3n) is 2.74. The molecule has 0 aliphatic carbocycles. The van der Waals surface area contributed by atoms with Crippen molar-refractivity contribution in [2.75, 3.05) is 0 Å². The zero-order valence-corrected chi connectivity index (χ0v) is 10.5. The molecule has 2 rings (SSSR count). The van der Waals surface area contributed by atoms with Gasteiger partial charge in [-0.15, -0.1) is 0 Å². The van der Waals surface area contributed by atoms with Crippen LogP contribution in [0.2, 0.25) is 5.02 Å². The Labute approximate surface area is 113 Å². The van der Waals surface area contributed by atoms with E-state index in [4.69, 9.17) is 11.6 Å². The molecule has 0 aromatic heterocycles. The second-order valence-corrected chi connectivity index (χ2v) is 4.54. The van der Waals surface area contributed by atoms with Crippen LogP contribution in [0.15, 0.2) is 36.4 Å². The Morgan fingerprint density at radius 3 is 2.26 bits per heavy atom. The zero-order valence-electron chi connectivity index (χ0n) is 9.71. The summed E-state index contributed by atoms with van der Waals surface area (Å²) in [5.41, 5.74) is 0.440. The molecule has 0 fully saturated rings. The van der Waals surface area contributed by atoms with Gasteiger partial charge in [0.1, 0.15) is 17.5 Å². The quantitative estimate of drug-likeness (QED) is 0.845. The standard InChI is InChI=1S/C14H10ClF3O/c15-11-7-12(17)10(6-13(11)18)14(19)5-8-1-3-9(16)4-2-8/h1-4,6-7,14,19H,5H2. The highest BCUT2D eigenvalue weighted by Gasteiger charge is 2.16. The summed E-state index contributed by atoms with van der Waals surface area (Å²) in [5.74, 6) is -1.97. The van der Waals surface area contributed by atoms with Crippen LogP contribution in [-0.2, 0) is 6.42 Å². The van der Waals surface area contributed by atoms with E-state index in [-0.39, 0.29) is 17.0 Å². The summed E-state index contributed by atoms with van der Waals surface area (Å²) < 4.78 is 39.6. The zero-order chi connectivity index (χ0) is 14.0. The first-order valence-corrected chi connectivity index (χ1v) is 5.92. The van der Waals surface area contributed by atoms with Crippen molar-refractivity contribution < 1.29 is 18.3 Å². The van der Waals surface area contributed by atoms with Crippen LogP contribution >= 0.6 is 11.6 Å². The van der Waals surface area contributed by atoms with Gasteiger partial charge < -0.3 is 5.11 Å². The lowest BCUT2D eigenvalue weighted by Gasteiger charge is -2.12. The molecule has 0 amide bonds. The van der Waals surface area contributed by atoms with Gasteiger partial charge in [0.25, 0.3) is 0 Å². The summed E-state index contributed by atoms with van der Waals surface area (Å²) in [7, 11) is 0. The fraction of sp³-hybridized carbons (Fsp3) is 0.143. The minimum absolute atomic E-state index is 0.0538. The number of hydrogen-bond acceptors (Lipinski definition) is 1. The Bertz CT molecular complexity index is 584. The van der Waals surface area contributed by atoms with Gasteiger partial charge in [-0.05, 0) is 29.8 Å². The molecule has 100 valence electrons. The van der Waals surface area contributed by atoms with E-state index in [1.54, 1.807) is 0 Å². The van der Waals surface area contributed by atoms with E-state index in [1.165, 1.54) is 24.3 Å². The second kappa shape index (κ2) is 5.63. The Hall–Kier alpha value is -1.52. The highest BCUT2D eigenvalue weighted by molar-refractivity contribution is 6.30. The number of benzene rings is 2. The second-order valence-electron chi connectivity index (χ2n) is 4.13. The van der Waals surface area contributed by atoms with E-state index in [9.17, 15) is 18.3 Å². The van der Waals surface area contributed by atoms with E-state index in [0.29, 0.717) is 5.56 Å². The molecule has 2 aromatic carbocycles. The predicted octanol–water partition coefficient (Wildman–Crippen LogP) is 4.03. The molecule has 0 radical (unpaired) electrons.